The molecule has 0 unspecified atom stereocenters. The van der Waals surface area contributed by atoms with Crippen molar-refractivity contribution in [1.29, 1.82) is 5.26 Å². The van der Waals surface area contributed by atoms with Gasteiger partial charge in [0.05, 0.1) is 0 Å². The molecule has 0 aromatic carbocycles. The number of hydrogen-bond donors (Lipinski definition) is 3. The van der Waals surface area contributed by atoms with Gasteiger partial charge in [-0.2, -0.15) is 5.26 Å². The van der Waals surface area contributed by atoms with Gasteiger partial charge in [-0.25, -0.2) is 0 Å². The topological polar surface area (TPSA) is 102 Å². The summed E-state index contributed by atoms with van der Waals surface area (Å²) in [6, 6.07) is 1.74. The quantitative estimate of drug-likeness (QED) is 0.338. The molecule has 0 spiro atoms. The molecule has 0 fully saturated rings. The molecular weight excluding hydrogens is 222 g/mol. The summed E-state index contributed by atoms with van der Waals surface area (Å²) in [6.45, 7) is 4.01. The first-order valence-corrected chi connectivity index (χ1v) is 5.33. The number of carboxylic acids is 1. The Morgan fingerprint density at radius 2 is 2.12 bits per heavy atom. The van der Waals surface area contributed by atoms with Crippen molar-refractivity contribution in [2.45, 2.75) is 32.7 Å². The van der Waals surface area contributed by atoms with Crippen LogP contribution in [0.1, 0.15) is 26.7 Å². The summed E-state index contributed by atoms with van der Waals surface area (Å²) in [5.41, 5.74) is -0.0194. The fourth-order valence-corrected chi connectivity index (χ4v) is 1.00. The zero-order valence-electron chi connectivity index (χ0n) is 9.99. The van der Waals surface area contributed by atoms with E-state index in [-0.39, 0.29) is 18.0 Å². The molecule has 0 atom stereocenters. The van der Waals surface area contributed by atoms with E-state index in [2.05, 4.69) is 10.6 Å². The van der Waals surface area contributed by atoms with E-state index in [9.17, 15) is 9.59 Å². The zero-order valence-corrected chi connectivity index (χ0v) is 9.99. The molecule has 6 nitrogen and oxygen atoms in total. The normalized spacial score (nSPS) is 10.8. The van der Waals surface area contributed by atoms with Crippen LogP contribution in [0.3, 0.4) is 0 Å². The van der Waals surface area contributed by atoms with Gasteiger partial charge in [0, 0.05) is 25.2 Å². The van der Waals surface area contributed by atoms with Gasteiger partial charge in [0.25, 0.3) is 5.91 Å². The van der Waals surface area contributed by atoms with Crippen LogP contribution in [-0.2, 0) is 9.59 Å². The standard InChI is InChI=1S/C11H17N3O3/c1-8(2)14-11(17)9(6-12)7-13-5-3-4-10(15)16/h7-8,13H,3-5H2,1-2H3,(H,14,17)(H,15,16)/b9-7-. The van der Waals surface area contributed by atoms with Gasteiger partial charge in [-0.3, -0.25) is 9.59 Å². The van der Waals surface area contributed by atoms with Crippen LogP contribution in [-0.4, -0.2) is 29.6 Å². The number of carboxylic acid groups (broad SMARTS) is 1. The molecule has 0 bridgehead atoms. The van der Waals surface area contributed by atoms with Crippen molar-refractivity contribution in [3.8, 4) is 6.07 Å². The van der Waals surface area contributed by atoms with Gasteiger partial charge >= 0.3 is 5.97 Å². The number of amides is 1. The van der Waals surface area contributed by atoms with Crippen molar-refractivity contribution < 1.29 is 14.7 Å². The second-order valence-electron chi connectivity index (χ2n) is 3.75. The molecule has 17 heavy (non-hydrogen) atoms. The van der Waals surface area contributed by atoms with E-state index in [1.165, 1.54) is 6.20 Å². The van der Waals surface area contributed by atoms with Crippen LogP contribution < -0.4 is 10.6 Å². The van der Waals surface area contributed by atoms with Crippen LogP contribution in [0.15, 0.2) is 11.8 Å². The summed E-state index contributed by atoms with van der Waals surface area (Å²) in [4.78, 5) is 21.6. The van der Waals surface area contributed by atoms with E-state index in [1.807, 2.05) is 0 Å². The van der Waals surface area contributed by atoms with Gasteiger partial charge < -0.3 is 15.7 Å². The van der Waals surface area contributed by atoms with Gasteiger partial charge in [0.1, 0.15) is 11.6 Å². The lowest BCUT2D eigenvalue weighted by Gasteiger charge is -2.07. The zero-order chi connectivity index (χ0) is 13.3. The third-order valence-electron chi connectivity index (χ3n) is 1.74. The first kappa shape index (κ1) is 15.0. The van der Waals surface area contributed by atoms with E-state index in [0.717, 1.165) is 0 Å². The Morgan fingerprint density at radius 1 is 1.47 bits per heavy atom. The van der Waals surface area contributed by atoms with Gasteiger partial charge in [0.2, 0.25) is 0 Å². The number of carbonyl (C=O) groups is 2. The van der Waals surface area contributed by atoms with Crippen LogP contribution in [0.2, 0.25) is 0 Å². The second-order valence-corrected chi connectivity index (χ2v) is 3.75. The summed E-state index contributed by atoms with van der Waals surface area (Å²) in [5, 5.41) is 22.5. The minimum Gasteiger partial charge on any atom is -0.481 e. The molecule has 0 aromatic heterocycles. The number of rotatable bonds is 7. The molecule has 6 heteroatoms. The smallest absolute Gasteiger partial charge is 0.303 e. The SMILES string of the molecule is CC(C)NC(=O)/C(C#N)=C\NCCCC(=O)O. The minimum atomic E-state index is -0.867. The highest BCUT2D eigenvalue weighted by Crippen LogP contribution is 1.93. The van der Waals surface area contributed by atoms with Crippen molar-refractivity contribution in [1.82, 2.24) is 10.6 Å². The maximum atomic E-state index is 11.4. The van der Waals surface area contributed by atoms with Crippen molar-refractivity contribution in [2.75, 3.05) is 6.54 Å². The van der Waals surface area contributed by atoms with E-state index in [4.69, 9.17) is 10.4 Å². The molecule has 0 rings (SSSR count). The van der Waals surface area contributed by atoms with Crippen molar-refractivity contribution in [3.63, 3.8) is 0 Å². The fraction of sp³-hybridized carbons (Fsp3) is 0.545. The van der Waals surface area contributed by atoms with Gasteiger partial charge in [-0.15, -0.1) is 0 Å². The number of carbonyl (C=O) groups excluding carboxylic acids is 1. The van der Waals surface area contributed by atoms with E-state index >= 15 is 0 Å². The number of nitriles is 1. The van der Waals surface area contributed by atoms with E-state index in [1.54, 1.807) is 19.9 Å². The summed E-state index contributed by atoms with van der Waals surface area (Å²) in [6.07, 6.45) is 1.80. The lowest BCUT2D eigenvalue weighted by atomic mass is 10.2. The molecule has 0 aromatic rings. The first-order valence-electron chi connectivity index (χ1n) is 5.33. The first-order chi connectivity index (χ1) is 7.97. The lowest BCUT2D eigenvalue weighted by Crippen LogP contribution is -2.31. The highest BCUT2D eigenvalue weighted by molar-refractivity contribution is 5.97. The van der Waals surface area contributed by atoms with E-state index < -0.39 is 11.9 Å². The third-order valence-corrected chi connectivity index (χ3v) is 1.74. The Labute approximate surface area is 100 Å². The average molecular weight is 239 g/mol. The number of nitrogens with one attached hydrogen (secondary N) is 2. The van der Waals surface area contributed by atoms with E-state index in [0.29, 0.717) is 13.0 Å². The molecule has 0 saturated carbocycles. The van der Waals surface area contributed by atoms with Crippen LogP contribution in [0.25, 0.3) is 0 Å². The predicted molar refractivity (Wildman–Crippen MR) is 61.8 cm³/mol. The molecule has 3 N–H and O–H groups in total. The monoisotopic (exact) mass is 239 g/mol. The molecule has 0 aliphatic heterocycles. The maximum absolute atomic E-state index is 11.4. The van der Waals surface area contributed by atoms with Gasteiger partial charge in [0.15, 0.2) is 0 Å². The van der Waals surface area contributed by atoms with Crippen molar-refractivity contribution in [3.05, 3.63) is 11.8 Å². The second kappa shape index (κ2) is 8.16. The molecule has 0 heterocycles. The predicted octanol–water partition coefficient (Wildman–Crippen LogP) is 0.373. The minimum absolute atomic E-state index is 0.0194. The lowest BCUT2D eigenvalue weighted by molar-refractivity contribution is -0.137. The molecular formula is C11H17N3O3. The van der Waals surface area contributed by atoms with Crippen LogP contribution >= 0.6 is 0 Å². The highest BCUT2D eigenvalue weighted by Gasteiger charge is 2.09. The Hall–Kier alpha value is -2.03. The Kier molecular flexibility index (Phi) is 7.19. The average Bonchev–Trinajstić information content (AvgIpc) is 2.21. The summed E-state index contributed by atoms with van der Waals surface area (Å²) < 4.78 is 0. The van der Waals surface area contributed by atoms with Gasteiger partial charge in [-0.1, -0.05) is 0 Å². The fourth-order valence-electron chi connectivity index (χ4n) is 1.00. The maximum Gasteiger partial charge on any atom is 0.303 e. The molecule has 94 valence electrons. The van der Waals surface area contributed by atoms with Crippen LogP contribution in [0.5, 0.6) is 0 Å². The third kappa shape index (κ3) is 7.85. The Bertz CT molecular complexity index is 342. The van der Waals surface area contributed by atoms with Crippen molar-refractivity contribution in [2.24, 2.45) is 0 Å². The molecule has 0 radical (unpaired) electrons. The van der Waals surface area contributed by atoms with Crippen LogP contribution in [0.4, 0.5) is 0 Å². The Morgan fingerprint density at radius 3 is 2.59 bits per heavy atom. The Balaban J connectivity index is 4.06. The molecule has 0 aliphatic carbocycles. The molecule has 0 aliphatic rings. The highest BCUT2D eigenvalue weighted by atomic mass is 16.4. The summed E-state index contributed by atoms with van der Waals surface area (Å²) in [5.74, 6) is -1.30. The number of hydrogen-bond acceptors (Lipinski definition) is 4. The number of nitrogens with zero attached hydrogens (tertiary/aromatic N) is 1. The number of aliphatic carboxylic acids is 1. The summed E-state index contributed by atoms with van der Waals surface area (Å²) >= 11 is 0. The van der Waals surface area contributed by atoms with Gasteiger partial charge in [-0.05, 0) is 20.3 Å². The van der Waals surface area contributed by atoms with Crippen LogP contribution in [0, 0.1) is 11.3 Å². The molecule has 1 amide bonds. The largest absolute Gasteiger partial charge is 0.481 e. The van der Waals surface area contributed by atoms with Crippen molar-refractivity contribution >= 4 is 11.9 Å². The summed E-state index contributed by atoms with van der Waals surface area (Å²) in [7, 11) is 0. The molecule has 0 saturated heterocycles.